The van der Waals surface area contributed by atoms with Gasteiger partial charge in [0.25, 0.3) is 11.8 Å². The maximum atomic E-state index is 14.6. The van der Waals surface area contributed by atoms with E-state index in [0.29, 0.717) is 27.3 Å². The summed E-state index contributed by atoms with van der Waals surface area (Å²) in [6.07, 6.45) is -5.97. The number of carboxylic acids is 1. The lowest BCUT2D eigenvalue weighted by molar-refractivity contribution is -0.145. The first-order valence-corrected chi connectivity index (χ1v) is 23.3. The van der Waals surface area contributed by atoms with Crippen molar-refractivity contribution in [2.45, 2.75) is 69.0 Å². The molecule has 70 heavy (non-hydrogen) atoms. The van der Waals surface area contributed by atoms with Gasteiger partial charge in [0.15, 0.2) is 18.0 Å². The van der Waals surface area contributed by atoms with E-state index >= 15 is 0 Å². The van der Waals surface area contributed by atoms with E-state index in [4.69, 9.17) is 4.74 Å². The lowest BCUT2D eigenvalue weighted by Gasteiger charge is -2.26. The van der Waals surface area contributed by atoms with Gasteiger partial charge >= 0.3 is 12.1 Å². The minimum atomic E-state index is -2.32. The molecule has 0 saturated heterocycles. The molecule has 360 valence electrons. The highest BCUT2D eigenvalue weighted by Crippen LogP contribution is 2.24. The Bertz CT molecular complexity index is 2760. The molecular weight excluding hydrogens is 915 g/mol. The smallest absolute Gasteiger partial charge is 0.411 e. The number of rotatable bonds is 11. The Morgan fingerprint density at radius 2 is 1.11 bits per heavy atom. The summed E-state index contributed by atoms with van der Waals surface area (Å²) in [5.74, 6) is -7.04. The van der Waals surface area contributed by atoms with Crippen LogP contribution in [0, 0.1) is 5.92 Å². The minimum Gasteiger partial charge on any atom is -0.481 e. The molecule has 0 unspecified atom stereocenters. The van der Waals surface area contributed by atoms with Gasteiger partial charge in [-0.05, 0) is 81.9 Å². The van der Waals surface area contributed by atoms with Crippen LogP contribution in [0.1, 0.15) is 33.6 Å². The van der Waals surface area contributed by atoms with Crippen LogP contribution in [0.2, 0.25) is 0 Å². The quantitative estimate of drug-likeness (QED) is 0.0782. The first-order valence-electron chi connectivity index (χ1n) is 22.4. The molecule has 6 aromatic rings. The SMILES string of the molecule is O=C(Nc1ccc(-c2ccc(C[C@@H]3NC(=O)[C@@H](Cc4cccs4)NC(=O)[C@H](O)[C@@H](O)C(=O)Nc4ccc(cc4)C[C@@H](C(=O)O)CC(=O)[C@@H](Cc4ccccc4)NC3=O)cc2)cc1)OCc1ccccc1. The maximum Gasteiger partial charge on any atom is 0.411 e. The van der Waals surface area contributed by atoms with Gasteiger partial charge in [-0.25, -0.2) is 4.79 Å². The third-order valence-electron chi connectivity index (χ3n) is 11.6. The fourth-order valence-corrected chi connectivity index (χ4v) is 8.53. The average molecular weight is 966 g/mol. The molecule has 3 heterocycles. The molecule has 17 heteroatoms. The van der Waals surface area contributed by atoms with Gasteiger partial charge in [-0.1, -0.05) is 115 Å². The molecule has 16 nitrogen and oxygen atoms in total. The van der Waals surface area contributed by atoms with Crippen molar-refractivity contribution >= 4 is 64.2 Å². The van der Waals surface area contributed by atoms with E-state index in [0.717, 1.165) is 16.7 Å². The molecule has 0 fully saturated rings. The predicted octanol–water partition coefficient (Wildman–Crippen LogP) is 5.22. The second-order valence-corrected chi connectivity index (χ2v) is 17.8. The van der Waals surface area contributed by atoms with Crippen molar-refractivity contribution < 1.29 is 53.6 Å². The summed E-state index contributed by atoms with van der Waals surface area (Å²) in [5.41, 5.74) is 4.88. The van der Waals surface area contributed by atoms with Crippen molar-refractivity contribution in [3.63, 3.8) is 0 Å². The number of amides is 5. The number of hydrogen-bond donors (Lipinski definition) is 8. The number of hydrogen-bond acceptors (Lipinski definition) is 11. The molecular formula is C53H51N5O11S. The van der Waals surface area contributed by atoms with Gasteiger partial charge in [0.1, 0.15) is 18.7 Å². The average Bonchev–Trinajstić information content (AvgIpc) is 3.89. The Morgan fingerprint density at radius 1 is 0.571 bits per heavy atom. The summed E-state index contributed by atoms with van der Waals surface area (Å²) >= 11 is 1.28. The summed E-state index contributed by atoms with van der Waals surface area (Å²) in [6, 6.07) is 37.7. The Labute approximate surface area is 407 Å². The number of thiophene rings is 1. The second-order valence-electron chi connectivity index (χ2n) is 16.8. The van der Waals surface area contributed by atoms with Crippen molar-refractivity contribution in [2.75, 3.05) is 10.6 Å². The largest absolute Gasteiger partial charge is 0.481 e. The second kappa shape index (κ2) is 23.8. The molecule has 2 aliphatic heterocycles. The van der Waals surface area contributed by atoms with Crippen molar-refractivity contribution in [1.82, 2.24) is 16.0 Å². The summed E-state index contributed by atoms with van der Waals surface area (Å²) in [4.78, 5) is 95.4. The fraction of sp³-hybridized carbons (Fsp3) is 0.226. The summed E-state index contributed by atoms with van der Waals surface area (Å²) < 4.78 is 5.32. The number of fused-ring (bicyclic) bond motifs is 18. The summed E-state index contributed by atoms with van der Waals surface area (Å²) in [7, 11) is 0. The van der Waals surface area contributed by atoms with Crippen molar-refractivity contribution in [2.24, 2.45) is 5.92 Å². The number of nitrogens with one attached hydrogen (secondary N) is 5. The van der Waals surface area contributed by atoms with Crippen LogP contribution in [-0.2, 0) is 65.8 Å². The maximum absolute atomic E-state index is 14.6. The van der Waals surface area contributed by atoms with E-state index in [1.54, 1.807) is 72.1 Å². The van der Waals surface area contributed by atoms with Crippen LogP contribution in [0.3, 0.4) is 0 Å². The molecule has 8 N–H and O–H groups in total. The van der Waals surface area contributed by atoms with Crippen LogP contribution in [0.4, 0.5) is 16.2 Å². The fourth-order valence-electron chi connectivity index (χ4n) is 7.78. The monoisotopic (exact) mass is 965 g/mol. The van der Waals surface area contributed by atoms with Crippen molar-refractivity contribution in [1.29, 1.82) is 0 Å². The number of anilines is 2. The third-order valence-corrected chi connectivity index (χ3v) is 12.5. The van der Waals surface area contributed by atoms with Crippen molar-refractivity contribution in [3.8, 4) is 11.1 Å². The molecule has 2 aliphatic rings. The normalized spacial score (nSPS) is 20.5. The molecule has 2 bridgehead atoms. The molecule has 8 rings (SSSR count). The zero-order valence-corrected chi connectivity index (χ0v) is 38.5. The number of aliphatic hydroxyl groups excluding tert-OH is 2. The highest BCUT2D eigenvalue weighted by molar-refractivity contribution is 7.09. The third kappa shape index (κ3) is 14.0. The number of ether oxygens (including phenoxy) is 1. The number of carbonyl (C=O) groups is 7. The Morgan fingerprint density at radius 3 is 1.73 bits per heavy atom. The lowest BCUT2D eigenvalue weighted by atomic mass is 9.90. The highest BCUT2D eigenvalue weighted by Gasteiger charge is 2.36. The van der Waals surface area contributed by atoms with Crippen LogP contribution in [0.15, 0.2) is 151 Å². The first-order chi connectivity index (χ1) is 33.8. The molecule has 0 saturated carbocycles. The van der Waals surface area contributed by atoms with Crippen LogP contribution in [0.25, 0.3) is 11.1 Å². The van der Waals surface area contributed by atoms with E-state index in [-0.39, 0.29) is 38.0 Å². The van der Waals surface area contributed by atoms with Crippen LogP contribution in [0.5, 0.6) is 0 Å². The van der Waals surface area contributed by atoms with Crippen LogP contribution >= 0.6 is 11.3 Å². The number of benzene rings is 5. The van der Waals surface area contributed by atoms with Crippen LogP contribution in [-0.4, -0.2) is 87.1 Å². The van der Waals surface area contributed by atoms with Crippen LogP contribution < -0.4 is 26.6 Å². The minimum absolute atomic E-state index is 0.00195. The molecule has 0 radical (unpaired) electrons. The Balaban J connectivity index is 1.16. The Hall–Kier alpha value is -7.99. The van der Waals surface area contributed by atoms with E-state index in [1.807, 2.05) is 54.6 Å². The van der Waals surface area contributed by atoms with Gasteiger partial charge in [-0.2, -0.15) is 0 Å². The van der Waals surface area contributed by atoms with Gasteiger partial charge < -0.3 is 41.3 Å². The molecule has 1 aromatic heterocycles. The summed E-state index contributed by atoms with van der Waals surface area (Å²) in [5, 5.41) is 46.8. The van der Waals surface area contributed by atoms with E-state index < -0.39 is 84.1 Å². The number of ketones is 1. The Kier molecular flexibility index (Phi) is 17.0. The van der Waals surface area contributed by atoms with E-state index in [2.05, 4.69) is 26.6 Å². The molecule has 5 aromatic carbocycles. The lowest BCUT2D eigenvalue weighted by Crippen LogP contribution is -2.58. The van der Waals surface area contributed by atoms with Crippen molar-refractivity contribution in [3.05, 3.63) is 178 Å². The van der Waals surface area contributed by atoms with Gasteiger partial charge in [0.05, 0.1) is 12.0 Å². The first kappa shape index (κ1) is 49.9. The topological polar surface area (TPSA) is 250 Å². The number of aliphatic hydroxyl groups is 2. The standard InChI is InChI=1S/C53H51N5O11S/c59-45-29-38(52(66)67)26-33-15-21-39(22-16-33)54-50(64)46(60)47(61)51(65)58-44(30-41-12-7-25-70-41)49(63)57-43(48(62)56-42(45)27-32-8-3-1-4-9-32)28-34-13-17-36(18-14-34)37-19-23-40(24-20-37)55-53(68)69-31-35-10-5-2-6-11-35/h1-25,38,42-44,46-47,60-61H,26-31H2,(H,54,64)(H,55,68)(H,56,62)(H,57,63)(H,58,65)(H,66,67)/t38-,42-,43+,44-,46-,47-/m1/s1. The van der Waals surface area contributed by atoms with Gasteiger partial charge in [-0.15, -0.1) is 11.3 Å². The number of carboxylic acid groups (broad SMARTS) is 1. The predicted molar refractivity (Wildman–Crippen MR) is 261 cm³/mol. The van der Waals surface area contributed by atoms with Gasteiger partial charge in [0.2, 0.25) is 11.8 Å². The van der Waals surface area contributed by atoms with Gasteiger partial charge in [-0.3, -0.25) is 34.1 Å². The molecule has 0 spiro atoms. The summed E-state index contributed by atoms with van der Waals surface area (Å²) in [6.45, 7) is 0.112. The number of Topliss-reactive ketones (excluding diaryl/α,β-unsaturated/α-hetero) is 1. The van der Waals surface area contributed by atoms with E-state index in [9.17, 15) is 48.9 Å². The number of aliphatic carboxylic acids is 1. The zero-order valence-electron chi connectivity index (χ0n) is 37.7. The number of carbonyl (C=O) groups excluding carboxylic acids is 6. The van der Waals surface area contributed by atoms with E-state index in [1.165, 1.54) is 35.6 Å². The zero-order chi connectivity index (χ0) is 49.6. The molecule has 5 amide bonds. The van der Waals surface area contributed by atoms with Gasteiger partial charge in [0, 0.05) is 35.5 Å². The highest BCUT2D eigenvalue weighted by atomic mass is 32.1. The molecule has 6 atom stereocenters. The molecule has 0 aliphatic carbocycles.